The number of ether oxygens (including phenoxy) is 1. The van der Waals surface area contributed by atoms with Crippen molar-refractivity contribution in [2.45, 2.75) is 84.7 Å². The normalized spacial score (nSPS) is 11.6. The first-order valence-corrected chi connectivity index (χ1v) is 8.48. The Labute approximate surface area is 125 Å². The highest BCUT2D eigenvalue weighted by Gasteiger charge is 2.30. The van der Waals surface area contributed by atoms with Gasteiger partial charge < -0.3 is 4.74 Å². The number of benzene rings is 1. The molecule has 0 aliphatic rings. The summed E-state index contributed by atoms with van der Waals surface area (Å²) in [5, 5.41) is 0. The molecule has 1 aromatic rings. The average Bonchev–Trinajstić information content (AvgIpc) is 2.42. The maximum absolute atomic E-state index is 6.61. The Morgan fingerprint density at radius 2 is 1.35 bits per heavy atom. The fraction of sp³-hybridized carbons (Fsp3) is 0.684. The van der Waals surface area contributed by atoms with Crippen LogP contribution in [-0.4, -0.2) is 5.60 Å². The van der Waals surface area contributed by atoms with E-state index >= 15 is 0 Å². The van der Waals surface area contributed by atoms with Gasteiger partial charge in [-0.1, -0.05) is 71.6 Å². The minimum atomic E-state index is 0.0437. The molecule has 1 aromatic carbocycles. The van der Waals surface area contributed by atoms with E-state index in [9.17, 15) is 0 Å². The highest BCUT2D eigenvalue weighted by atomic mass is 16.5. The van der Waals surface area contributed by atoms with Crippen molar-refractivity contribution < 1.29 is 4.74 Å². The van der Waals surface area contributed by atoms with Gasteiger partial charge in [0, 0.05) is 0 Å². The molecular formula is C19H32O. The maximum atomic E-state index is 6.61. The summed E-state index contributed by atoms with van der Waals surface area (Å²) < 4.78 is 6.61. The fourth-order valence-corrected chi connectivity index (χ4v) is 3.21. The smallest absolute Gasteiger partial charge is 0.123 e. The summed E-state index contributed by atoms with van der Waals surface area (Å²) in [6, 6.07) is 8.59. The van der Waals surface area contributed by atoms with Crippen LogP contribution in [0.4, 0.5) is 0 Å². The quantitative estimate of drug-likeness (QED) is 0.497. The summed E-state index contributed by atoms with van der Waals surface area (Å²) in [5.74, 6) is 1.12. The van der Waals surface area contributed by atoms with E-state index in [1.165, 1.54) is 31.2 Å². The van der Waals surface area contributed by atoms with Crippen LogP contribution < -0.4 is 4.74 Å². The Morgan fingerprint density at radius 3 is 1.85 bits per heavy atom. The Hall–Kier alpha value is -0.980. The SMILES string of the molecule is CCCc1ccccc1OC(CCC)(CCC)CCC. The number of rotatable bonds is 10. The molecule has 0 atom stereocenters. The standard InChI is InChI=1S/C19H32O/c1-5-11-17-12-9-10-13-18(17)20-19(14-6-2,15-7-3)16-8-4/h9-10,12-13H,5-8,11,14-16H2,1-4H3. The molecule has 20 heavy (non-hydrogen) atoms. The first-order valence-electron chi connectivity index (χ1n) is 8.48. The second-order valence-electron chi connectivity index (χ2n) is 5.89. The summed E-state index contributed by atoms with van der Waals surface area (Å²) >= 11 is 0. The summed E-state index contributed by atoms with van der Waals surface area (Å²) in [6.07, 6.45) is 9.33. The first kappa shape index (κ1) is 17.1. The predicted octanol–water partition coefficient (Wildman–Crippen LogP) is 6.16. The van der Waals surface area contributed by atoms with E-state index in [4.69, 9.17) is 4.74 Å². The van der Waals surface area contributed by atoms with Crippen molar-refractivity contribution in [3.8, 4) is 5.75 Å². The second kappa shape index (κ2) is 9.05. The third-order valence-corrected chi connectivity index (χ3v) is 3.94. The van der Waals surface area contributed by atoms with Crippen molar-refractivity contribution in [3.63, 3.8) is 0 Å². The van der Waals surface area contributed by atoms with Gasteiger partial charge in [-0.15, -0.1) is 0 Å². The van der Waals surface area contributed by atoms with Crippen LogP contribution in [0, 0.1) is 0 Å². The van der Waals surface area contributed by atoms with Crippen LogP contribution in [-0.2, 0) is 6.42 Å². The molecule has 1 nitrogen and oxygen atoms in total. The lowest BCUT2D eigenvalue weighted by Gasteiger charge is -2.35. The lowest BCUT2D eigenvalue weighted by molar-refractivity contribution is 0.0380. The van der Waals surface area contributed by atoms with E-state index in [-0.39, 0.29) is 5.60 Å². The van der Waals surface area contributed by atoms with Crippen LogP contribution in [0.2, 0.25) is 0 Å². The van der Waals surface area contributed by atoms with Crippen molar-refractivity contribution >= 4 is 0 Å². The third-order valence-electron chi connectivity index (χ3n) is 3.94. The topological polar surface area (TPSA) is 9.23 Å². The molecule has 1 heteroatoms. The molecule has 0 bridgehead atoms. The van der Waals surface area contributed by atoms with Gasteiger partial charge in [-0.25, -0.2) is 0 Å². The van der Waals surface area contributed by atoms with E-state index in [0.29, 0.717) is 0 Å². The Balaban J connectivity index is 2.98. The van der Waals surface area contributed by atoms with Gasteiger partial charge in [0.05, 0.1) is 0 Å². The van der Waals surface area contributed by atoms with Gasteiger partial charge in [-0.3, -0.25) is 0 Å². The lowest BCUT2D eigenvalue weighted by atomic mass is 9.87. The number of para-hydroxylation sites is 1. The van der Waals surface area contributed by atoms with Crippen LogP contribution in [0.15, 0.2) is 24.3 Å². The molecule has 0 unspecified atom stereocenters. The fourth-order valence-electron chi connectivity index (χ4n) is 3.21. The Morgan fingerprint density at radius 1 is 0.800 bits per heavy atom. The molecule has 0 aliphatic heterocycles. The van der Waals surface area contributed by atoms with E-state index in [0.717, 1.165) is 31.4 Å². The van der Waals surface area contributed by atoms with Crippen LogP contribution in [0.1, 0.15) is 78.2 Å². The molecule has 1 rings (SSSR count). The van der Waals surface area contributed by atoms with Crippen molar-refractivity contribution in [1.29, 1.82) is 0 Å². The van der Waals surface area contributed by atoms with Gasteiger partial charge in [0.25, 0.3) is 0 Å². The zero-order valence-corrected chi connectivity index (χ0v) is 13.9. The molecule has 114 valence electrons. The van der Waals surface area contributed by atoms with Gasteiger partial charge in [0.1, 0.15) is 11.4 Å². The number of hydrogen-bond donors (Lipinski definition) is 0. The summed E-state index contributed by atoms with van der Waals surface area (Å²) in [5.41, 5.74) is 1.41. The van der Waals surface area contributed by atoms with Crippen molar-refractivity contribution in [2.75, 3.05) is 0 Å². The summed E-state index contributed by atoms with van der Waals surface area (Å²) in [4.78, 5) is 0. The van der Waals surface area contributed by atoms with Crippen LogP contribution in [0.3, 0.4) is 0 Å². The van der Waals surface area contributed by atoms with E-state index in [1.54, 1.807) is 0 Å². The average molecular weight is 276 g/mol. The van der Waals surface area contributed by atoms with Gasteiger partial charge in [-0.05, 0) is 37.3 Å². The van der Waals surface area contributed by atoms with Gasteiger partial charge in [0.15, 0.2) is 0 Å². The van der Waals surface area contributed by atoms with Crippen molar-refractivity contribution in [1.82, 2.24) is 0 Å². The van der Waals surface area contributed by atoms with E-state index in [2.05, 4.69) is 52.0 Å². The molecule has 0 aromatic heterocycles. The molecule has 0 heterocycles. The highest BCUT2D eigenvalue weighted by Crippen LogP contribution is 2.33. The molecule has 0 saturated carbocycles. The summed E-state index contributed by atoms with van der Waals surface area (Å²) in [7, 11) is 0. The number of hydrogen-bond acceptors (Lipinski definition) is 1. The molecule has 0 radical (unpaired) electrons. The largest absolute Gasteiger partial charge is 0.487 e. The Bertz CT molecular complexity index is 353. The zero-order chi connectivity index (χ0) is 14.8. The van der Waals surface area contributed by atoms with Crippen molar-refractivity contribution in [3.05, 3.63) is 29.8 Å². The number of aryl methyl sites for hydroxylation is 1. The highest BCUT2D eigenvalue weighted by molar-refractivity contribution is 5.34. The van der Waals surface area contributed by atoms with E-state index < -0.39 is 0 Å². The maximum Gasteiger partial charge on any atom is 0.123 e. The lowest BCUT2D eigenvalue weighted by Crippen LogP contribution is -2.36. The third kappa shape index (κ3) is 4.85. The minimum absolute atomic E-state index is 0.0437. The van der Waals surface area contributed by atoms with E-state index in [1.807, 2.05) is 0 Å². The molecule has 0 N–H and O–H groups in total. The van der Waals surface area contributed by atoms with Crippen molar-refractivity contribution in [2.24, 2.45) is 0 Å². The molecule has 0 amide bonds. The monoisotopic (exact) mass is 276 g/mol. The summed E-state index contributed by atoms with van der Waals surface area (Å²) in [6.45, 7) is 9.03. The molecule has 0 spiro atoms. The Kier molecular flexibility index (Phi) is 7.72. The molecule has 0 aliphatic carbocycles. The zero-order valence-electron chi connectivity index (χ0n) is 13.9. The second-order valence-corrected chi connectivity index (χ2v) is 5.89. The minimum Gasteiger partial charge on any atom is -0.487 e. The van der Waals surface area contributed by atoms with Gasteiger partial charge in [0.2, 0.25) is 0 Å². The molecule has 0 fully saturated rings. The molecular weight excluding hydrogens is 244 g/mol. The first-order chi connectivity index (χ1) is 9.71. The van der Waals surface area contributed by atoms with Gasteiger partial charge >= 0.3 is 0 Å². The van der Waals surface area contributed by atoms with Crippen LogP contribution >= 0.6 is 0 Å². The predicted molar refractivity (Wildman–Crippen MR) is 88.5 cm³/mol. The van der Waals surface area contributed by atoms with Crippen LogP contribution in [0.25, 0.3) is 0 Å². The molecule has 0 saturated heterocycles. The van der Waals surface area contributed by atoms with Crippen LogP contribution in [0.5, 0.6) is 5.75 Å². The van der Waals surface area contributed by atoms with Gasteiger partial charge in [-0.2, -0.15) is 0 Å².